The molecule has 4 atom stereocenters. The molecule has 1 aromatic carbocycles. The smallest absolute Gasteiger partial charge is 0.407 e. The molecule has 0 bridgehead atoms. The van der Waals surface area contributed by atoms with Gasteiger partial charge in [0, 0.05) is 56.1 Å². The first-order valence-corrected chi connectivity index (χ1v) is 16.2. The van der Waals surface area contributed by atoms with Crippen molar-refractivity contribution in [3.8, 4) is 11.8 Å². The molecule has 2 amide bonds. The fraction of sp³-hybridized carbons (Fsp3) is 0.500. The molecule has 1 aliphatic heterocycles. The molecule has 0 spiro atoms. The molecule has 3 aromatic rings. The molecule has 258 valence electrons. The monoisotopic (exact) mass is 683 g/mol. The van der Waals surface area contributed by atoms with Crippen LogP contribution in [0.3, 0.4) is 0 Å². The molecule has 12 nitrogen and oxygen atoms in total. The van der Waals surface area contributed by atoms with Crippen molar-refractivity contribution in [1.29, 1.82) is 5.26 Å². The van der Waals surface area contributed by atoms with Gasteiger partial charge in [0.1, 0.15) is 23.7 Å². The molecule has 1 aliphatic rings. The third-order valence-corrected chi connectivity index (χ3v) is 8.22. The van der Waals surface area contributed by atoms with E-state index in [9.17, 15) is 24.0 Å². The van der Waals surface area contributed by atoms with Gasteiger partial charge in [0.05, 0.1) is 16.1 Å². The van der Waals surface area contributed by atoms with E-state index in [1.54, 1.807) is 55.7 Å². The molecule has 0 aliphatic carbocycles. The SMILES string of the molecule is CNC(=O)COc1cc2cc(Nc3nc(N4C[C@@H](C)C(F)[C@@H](C)C4)c(C#N)cc3Cl)ccc2n(CC(C)CNC(=O)OC(C)(C)C)c1=O. The van der Waals surface area contributed by atoms with Gasteiger partial charge in [0.2, 0.25) is 0 Å². The third kappa shape index (κ3) is 8.86. The molecule has 1 saturated heterocycles. The number of nitrogens with one attached hydrogen (secondary N) is 3. The number of halogens is 2. The van der Waals surface area contributed by atoms with Crippen LogP contribution < -0.4 is 31.1 Å². The molecule has 3 N–H and O–H groups in total. The standard InChI is InChI=1S/C34H43ClFN7O5/c1-19(14-39-33(46)48-34(4,5)6)15-43-26-9-8-24(10-22(26)12-27(32(43)45)47-18-28(44)38-7)40-30-25(35)11-23(13-37)31(41-30)42-16-20(2)29(36)21(3)17-42/h8-12,19-21,29H,14-18H2,1-7H3,(H,38,44)(H,39,46)(H,40,41)/t19?,20-,21+,29?. The number of fused-ring (bicyclic) bond motifs is 1. The maximum atomic E-state index is 14.6. The first-order valence-electron chi connectivity index (χ1n) is 15.8. The summed E-state index contributed by atoms with van der Waals surface area (Å²) in [5.41, 5.74) is 0.388. The van der Waals surface area contributed by atoms with Crippen LogP contribution in [-0.2, 0) is 16.1 Å². The van der Waals surface area contributed by atoms with Crippen molar-refractivity contribution in [3.63, 3.8) is 0 Å². The number of anilines is 3. The lowest BCUT2D eigenvalue weighted by molar-refractivity contribution is -0.122. The molecular formula is C34H43ClFN7O5. The molecule has 48 heavy (non-hydrogen) atoms. The first-order chi connectivity index (χ1) is 22.6. The predicted octanol–water partition coefficient (Wildman–Crippen LogP) is 5.38. The zero-order valence-electron chi connectivity index (χ0n) is 28.3. The van der Waals surface area contributed by atoms with Crippen molar-refractivity contribution in [3.05, 3.63) is 51.3 Å². The number of hydrogen-bond acceptors (Lipinski definition) is 9. The maximum Gasteiger partial charge on any atom is 0.407 e. The van der Waals surface area contributed by atoms with E-state index < -0.39 is 29.3 Å². The van der Waals surface area contributed by atoms with Gasteiger partial charge in [0.25, 0.3) is 11.5 Å². The Balaban J connectivity index is 1.67. The molecule has 14 heteroatoms. The molecule has 2 aromatic heterocycles. The predicted molar refractivity (Wildman–Crippen MR) is 184 cm³/mol. The summed E-state index contributed by atoms with van der Waals surface area (Å²) in [5.74, 6) is -0.346. The van der Waals surface area contributed by atoms with E-state index >= 15 is 0 Å². The number of alkyl halides is 1. The molecular weight excluding hydrogens is 641 g/mol. The van der Waals surface area contributed by atoms with Gasteiger partial charge in [-0.05, 0) is 57.0 Å². The Bertz CT molecular complexity index is 1760. The lowest BCUT2D eigenvalue weighted by atomic mass is 9.89. The molecule has 0 saturated carbocycles. The fourth-order valence-corrected chi connectivity index (χ4v) is 5.82. The third-order valence-electron chi connectivity index (χ3n) is 7.93. The second-order valence-corrected chi connectivity index (χ2v) is 13.8. The second kappa shape index (κ2) is 15.1. The van der Waals surface area contributed by atoms with Crippen LogP contribution >= 0.6 is 11.6 Å². The van der Waals surface area contributed by atoms with Crippen LogP contribution in [0, 0.1) is 29.1 Å². The lowest BCUT2D eigenvalue weighted by Gasteiger charge is -2.38. The van der Waals surface area contributed by atoms with E-state index in [1.165, 1.54) is 7.05 Å². The molecule has 2 unspecified atom stereocenters. The van der Waals surface area contributed by atoms with Gasteiger partial charge in [-0.1, -0.05) is 32.4 Å². The average molecular weight is 684 g/mol. The number of benzene rings is 1. The number of hydrogen-bond donors (Lipinski definition) is 3. The van der Waals surface area contributed by atoms with Crippen LogP contribution in [0.25, 0.3) is 10.9 Å². The summed E-state index contributed by atoms with van der Waals surface area (Å²) in [4.78, 5) is 44.3. The number of aromatic nitrogens is 2. The van der Waals surface area contributed by atoms with Crippen molar-refractivity contribution in [1.82, 2.24) is 20.2 Å². The highest BCUT2D eigenvalue weighted by atomic mass is 35.5. The number of nitriles is 1. The number of piperidine rings is 1. The summed E-state index contributed by atoms with van der Waals surface area (Å²) in [6.07, 6.45) is -1.50. The van der Waals surface area contributed by atoms with Gasteiger partial charge in [-0.2, -0.15) is 5.26 Å². The van der Waals surface area contributed by atoms with E-state index in [0.717, 1.165) is 0 Å². The van der Waals surface area contributed by atoms with E-state index in [0.29, 0.717) is 41.3 Å². The number of pyridine rings is 2. The highest BCUT2D eigenvalue weighted by Gasteiger charge is 2.33. The molecule has 4 rings (SSSR count). The number of nitrogens with zero attached hydrogens (tertiary/aromatic N) is 4. The number of rotatable bonds is 10. The van der Waals surface area contributed by atoms with Gasteiger partial charge in [-0.3, -0.25) is 9.59 Å². The summed E-state index contributed by atoms with van der Waals surface area (Å²) < 4.78 is 27.1. The number of likely N-dealkylation sites (N-methyl/N-ethyl adjacent to an activating group) is 1. The highest BCUT2D eigenvalue weighted by Crippen LogP contribution is 2.34. The van der Waals surface area contributed by atoms with E-state index in [-0.39, 0.29) is 53.8 Å². The first kappa shape index (κ1) is 36.3. The molecule has 3 heterocycles. The average Bonchev–Trinajstić information content (AvgIpc) is 3.02. The number of carbonyl (C=O) groups is 2. The van der Waals surface area contributed by atoms with Crippen LogP contribution in [0.2, 0.25) is 5.02 Å². The van der Waals surface area contributed by atoms with Crippen molar-refractivity contribution < 1.29 is 23.5 Å². The minimum absolute atomic E-state index is 0.0214. The van der Waals surface area contributed by atoms with Crippen LogP contribution in [0.1, 0.15) is 47.1 Å². The summed E-state index contributed by atoms with van der Waals surface area (Å²) >= 11 is 6.57. The zero-order valence-corrected chi connectivity index (χ0v) is 29.1. The lowest BCUT2D eigenvalue weighted by Crippen LogP contribution is -2.46. The molecule has 0 radical (unpaired) electrons. The summed E-state index contributed by atoms with van der Waals surface area (Å²) in [6, 6.07) is 10.6. The fourth-order valence-electron chi connectivity index (χ4n) is 5.62. The zero-order chi connectivity index (χ0) is 35.3. The largest absolute Gasteiger partial charge is 0.478 e. The topological polar surface area (TPSA) is 151 Å². The van der Waals surface area contributed by atoms with Gasteiger partial charge >= 0.3 is 6.09 Å². The Morgan fingerprint density at radius 3 is 2.50 bits per heavy atom. The van der Waals surface area contributed by atoms with Crippen molar-refractivity contribution in [2.75, 3.05) is 43.5 Å². The number of carbonyl (C=O) groups excluding carboxylic acids is 2. The Kier molecular flexibility index (Phi) is 11.4. The van der Waals surface area contributed by atoms with Crippen LogP contribution in [-0.4, -0.2) is 66.6 Å². The van der Waals surface area contributed by atoms with Crippen molar-refractivity contribution in [2.24, 2.45) is 17.8 Å². The van der Waals surface area contributed by atoms with Crippen LogP contribution in [0.5, 0.6) is 5.75 Å². The number of amides is 2. The minimum Gasteiger partial charge on any atom is -0.478 e. The second-order valence-electron chi connectivity index (χ2n) is 13.4. The number of ether oxygens (including phenoxy) is 2. The van der Waals surface area contributed by atoms with Gasteiger partial charge < -0.3 is 34.9 Å². The quantitative estimate of drug-likeness (QED) is 0.256. The van der Waals surface area contributed by atoms with Gasteiger partial charge in [-0.15, -0.1) is 0 Å². The Morgan fingerprint density at radius 1 is 1.19 bits per heavy atom. The maximum absolute atomic E-state index is 14.6. The van der Waals surface area contributed by atoms with E-state index in [1.807, 2.05) is 25.7 Å². The normalized spacial score (nSPS) is 18.5. The Morgan fingerprint density at radius 2 is 1.88 bits per heavy atom. The van der Waals surface area contributed by atoms with Crippen molar-refractivity contribution >= 4 is 51.8 Å². The Labute approximate surface area is 284 Å². The number of alkyl carbamates (subject to hydrolysis) is 1. The van der Waals surface area contributed by atoms with Gasteiger partial charge in [-0.25, -0.2) is 14.2 Å². The highest BCUT2D eigenvalue weighted by molar-refractivity contribution is 6.33. The summed E-state index contributed by atoms with van der Waals surface area (Å²) in [5, 5.41) is 19.1. The van der Waals surface area contributed by atoms with Crippen LogP contribution in [0.15, 0.2) is 35.1 Å². The van der Waals surface area contributed by atoms with Crippen LogP contribution in [0.4, 0.5) is 26.5 Å². The summed E-state index contributed by atoms with van der Waals surface area (Å²) in [7, 11) is 1.47. The van der Waals surface area contributed by atoms with E-state index in [4.69, 9.17) is 26.1 Å². The van der Waals surface area contributed by atoms with Gasteiger partial charge in [0.15, 0.2) is 18.2 Å². The minimum atomic E-state index is -0.943. The van der Waals surface area contributed by atoms with Crippen molar-refractivity contribution in [2.45, 2.75) is 59.9 Å². The van der Waals surface area contributed by atoms with E-state index in [2.05, 4.69) is 22.0 Å². The molecule has 1 fully saturated rings. The Hall–Kier alpha value is -4.57. The summed E-state index contributed by atoms with van der Waals surface area (Å²) in [6.45, 7) is 11.8.